The van der Waals surface area contributed by atoms with Gasteiger partial charge in [-0.3, -0.25) is 0 Å². The third-order valence-electron chi connectivity index (χ3n) is 3.74. The van der Waals surface area contributed by atoms with Gasteiger partial charge in [0.2, 0.25) is 5.95 Å². The molecule has 0 radical (unpaired) electrons. The summed E-state index contributed by atoms with van der Waals surface area (Å²) in [7, 11) is 4.23. The fraction of sp³-hybridized carbons (Fsp3) is 0.714. The Hall–Kier alpha value is -1.07. The molecule has 20 heavy (non-hydrogen) atoms. The van der Waals surface area contributed by atoms with E-state index in [4.69, 9.17) is 11.6 Å². The van der Waals surface area contributed by atoms with Crippen molar-refractivity contribution in [1.29, 1.82) is 0 Å². The number of nitrogens with zero attached hydrogens (tertiary/aromatic N) is 4. The molecular weight excluding hydrogens is 274 g/mol. The van der Waals surface area contributed by atoms with Crippen LogP contribution in [0.3, 0.4) is 0 Å². The van der Waals surface area contributed by atoms with Crippen molar-refractivity contribution in [3.05, 3.63) is 11.2 Å². The van der Waals surface area contributed by atoms with Crippen LogP contribution in [0.25, 0.3) is 0 Å². The summed E-state index contributed by atoms with van der Waals surface area (Å²) in [5.74, 6) is 1.47. The minimum atomic E-state index is 0.458. The first-order valence-corrected chi connectivity index (χ1v) is 7.67. The quantitative estimate of drug-likeness (QED) is 0.904. The summed E-state index contributed by atoms with van der Waals surface area (Å²) in [5.41, 5.74) is 0. The van der Waals surface area contributed by atoms with Gasteiger partial charge in [-0.1, -0.05) is 18.5 Å². The van der Waals surface area contributed by atoms with E-state index < -0.39 is 0 Å². The van der Waals surface area contributed by atoms with Crippen LogP contribution in [0.2, 0.25) is 5.02 Å². The third-order valence-corrected chi connectivity index (χ3v) is 4.01. The molecule has 0 spiro atoms. The van der Waals surface area contributed by atoms with Crippen molar-refractivity contribution in [2.45, 2.75) is 32.2 Å². The molecule has 2 heterocycles. The van der Waals surface area contributed by atoms with Crippen molar-refractivity contribution in [2.24, 2.45) is 0 Å². The van der Waals surface area contributed by atoms with E-state index >= 15 is 0 Å². The number of anilines is 2. The Morgan fingerprint density at radius 3 is 3.05 bits per heavy atom. The van der Waals surface area contributed by atoms with Gasteiger partial charge in [0.05, 0.1) is 6.20 Å². The highest BCUT2D eigenvalue weighted by atomic mass is 35.5. The predicted octanol–water partition coefficient (Wildman–Crippen LogP) is 2.48. The number of hydrogen-bond acceptors (Lipinski definition) is 5. The summed E-state index contributed by atoms with van der Waals surface area (Å²) in [5, 5.41) is 3.82. The zero-order valence-corrected chi connectivity index (χ0v) is 13.3. The van der Waals surface area contributed by atoms with E-state index in [0.717, 1.165) is 25.3 Å². The molecule has 1 atom stereocenters. The Morgan fingerprint density at radius 2 is 2.35 bits per heavy atom. The predicted molar refractivity (Wildman–Crippen MR) is 84.7 cm³/mol. The van der Waals surface area contributed by atoms with Crippen LogP contribution >= 0.6 is 11.6 Å². The van der Waals surface area contributed by atoms with E-state index in [1.54, 1.807) is 6.20 Å². The number of nitrogens with one attached hydrogen (secondary N) is 1. The maximum atomic E-state index is 6.27. The average Bonchev–Trinajstić information content (AvgIpc) is 2.45. The van der Waals surface area contributed by atoms with Gasteiger partial charge in [0, 0.05) is 26.2 Å². The Bertz CT molecular complexity index is 440. The van der Waals surface area contributed by atoms with Gasteiger partial charge in [-0.05, 0) is 32.9 Å². The zero-order valence-electron chi connectivity index (χ0n) is 12.6. The molecule has 1 aliphatic heterocycles. The highest BCUT2D eigenvalue weighted by molar-refractivity contribution is 6.32. The number of hydrogen-bond donors (Lipinski definition) is 1. The van der Waals surface area contributed by atoms with Crippen LogP contribution in [-0.4, -0.2) is 54.6 Å². The standard InChI is InChI=1S/C14H24ClN5/c1-4-7-16-14-17-9-12(15)13(18-14)20(3)11-6-5-8-19(2)10-11/h9,11H,4-8,10H2,1-3H3,(H,16,17,18). The highest BCUT2D eigenvalue weighted by Crippen LogP contribution is 2.26. The lowest BCUT2D eigenvalue weighted by molar-refractivity contribution is 0.247. The molecule has 0 bridgehead atoms. The molecule has 6 heteroatoms. The van der Waals surface area contributed by atoms with Crippen molar-refractivity contribution in [3.8, 4) is 0 Å². The van der Waals surface area contributed by atoms with Crippen molar-refractivity contribution < 1.29 is 0 Å². The minimum Gasteiger partial charge on any atom is -0.354 e. The largest absolute Gasteiger partial charge is 0.354 e. The molecule has 1 aliphatic rings. The summed E-state index contributed by atoms with van der Waals surface area (Å²) >= 11 is 6.27. The molecule has 0 saturated carbocycles. The van der Waals surface area contributed by atoms with Gasteiger partial charge >= 0.3 is 0 Å². The van der Waals surface area contributed by atoms with Crippen molar-refractivity contribution in [1.82, 2.24) is 14.9 Å². The molecular formula is C14H24ClN5. The first-order chi connectivity index (χ1) is 9.61. The number of halogens is 1. The van der Waals surface area contributed by atoms with Crippen LogP contribution in [0.5, 0.6) is 0 Å². The maximum Gasteiger partial charge on any atom is 0.224 e. The van der Waals surface area contributed by atoms with Gasteiger partial charge in [0.25, 0.3) is 0 Å². The second-order valence-electron chi connectivity index (χ2n) is 5.46. The first kappa shape index (κ1) is 15.3. The Morgan fingerprint density at radius 1 is 1.55 bits per heavy atom. The Labute approximate surface area is 126 Å². The lowest BCUT2D eigenvalue weighted by Gasteiger charge is -2.36. The summed E-state index contributed by atoms with van der Waals surface area (Å²) in [6.07, 6.45) is 5.13. The van der Waals surface area contributed by atoms with E-state index in [2.05, 4.69) is 46.1 Å². The van der Waals surface area contributed by atoms with Gasteiger partial charge in [-0.2, -0.15) is 4.98 Å². The fourth-order valence-electron chi connectivity index (χ4n) is 2.56. The van der Waals surface area contributed by atoms with Crippen LogP contribution in [0.15, 0.2) is 6.20 Å². The third kappa shape index (κ3) is 3.73. The second-order valence-corrected chi connectivity index (χ2v) is 5.87. The number of likely N-dealkylation sites (N-methyl/N-ethyl adjacent to an activating group) is 2. The topological polar surface area (TPSA) is 44.3 Å². The van der Waals surface area contributed by atoms with Gasteiger partial charge in [-0.25, -0.2) is 4.98 Å². The lowest BCUT2D eigenvalue weighted by atomic mass is 10.1. The number of aromatic nitrogens is 2. The summed E-state index contributed by atoms with van der Waals surface area (Å²) in [6, 6.07) is 0.458. The monoisotopic (exact) mass is 297 g/mol. The van der Waals surface area contributed by atoms with Gasteiger partial charge in [-0.15, -0.1) is 0 Å². The van der Waals surface area contributed by atoms with Crippen molar-refractivity contribution in [3.63, 3.8) is 0 Å². The van der Waals surface area contributed by atoms with E-state index in [0.29, 0.717) is 17.0 Å². The lowest BCUT2D eigenvalue weighted by Crippen LogP contribution is -2.45. The zero-order chi connectivity index (χ0) is 14.5. The fourth-order valence-corrected chi connectivity index (χ4v) is 2.78. The average molecular weight is 298 g/mol. The molecule has 1 aromatic heterocycles. The molecule has 1 N–H and O–H groups in total. The molecule has 1 unspecified atom stereocenters. The smallest absolute Gasteiger partial charge is 0.224 e. The molecule has 1 aromatic rings. The number of likely N-dealkylation sites (tertiary alicyclic amines) is 1. The Kier molecular flexibility index (Phi) is 5.43. The van der Waals surface area contributed by atoms with Gasteiger partial charge in [0.1, 0.15) is 5.02 Å². The molecule has 0 aromatic carbocycles. The van der Waals surface area contributed by atoms with E-state index in [1.807, 2.05) is 0 Å². The summed E-state index contributed by atoms with van der Waals surface area (Å²) < 4.78 is 0. The van der Waals surface area contributed by atoms with Crippen molar-refractivity contribution >= 4 is 23.4 Å². The molecule has 0 aliphatic carbocycles. The maximum absolute atomic E-state index is 6.27. The normalized spacial score (nSPS) is 19.9. The molecule has 112 valence electrons. The SMILES string of the molecule is CCCNc1ncc(Cl)c(N(C)C2CCCN(C)C2)n1. The van der Waals surface area contributed by atoms with E-state index in [9.17, 15) is 0 Å². The van der Waals surface area contributed by atoms with E-state index in [-0.39, 0.29) is 0 Å². The van der Waals surface area contributed by atoms with Crippen LogP contribution in [0.1, 0.15) is 26.2 Å². The number of rotatable bonds is 5. The summed E-state index contributed by atoms with van der Waals surface area (Å²) in [6.45, 7) is 5.21. The molecule has 1 fully saturated rings. The molecule has 1 saturated heterocycles. The van der Waals surface area contributed by atoms with Crippen LogP contribution in [0.4, 0.5) is 11.8 Å². The number of piperidine rings is 1. The molecule has 0 amide bonds. The van der Waals surface area contributed by atoms with E-state index in [1.165, 1.54) is 19.4 Å². The van der Waals surface area contributed by atoms with Crippen molar-refractivity contribution in [2.75, 3.05) is 43.9 Å². The van der Waals surface area contributed by atoms with Crippen LogP contribution < -0.4 is 10.2 Å². The Balaban J connectivity index is 2.13. The van der Waals surface area contributed by atoms with Gasteiger partial charge < -0.3 is 15.1 Å². The summed E-state index contributed by atoms with van der Waals surface area (Å²) in [4.78, 5) is 13.3. The first-order valence-electron chi connectivity index (χ1n) is 7.29. The van der Waals surface area contributed by atoms with Gasteiger partial charge in [0.15, 0.2) is 5.82 Å². The molecule has 2 rings (SSSR count). The van der Waals surface area contributed by atoms with Crippen LogP contribution in [-0.2, 0) is 0 Å². The molecule has 5 nitrogen and oxygen atoms in total. The highest BCUT2D eigenvalue weighted by Gasteiger charge is 2.23. The second kappa shape index (κ2) is 7.09. The minimum absolute atomic E-state index is 0.458. The van der Waals surface area contributed by atoms with Crippen LogP contribution in [0, 0.1) is 0 Å².